The van der Waals surface area contributed by atoms with Gasteiger partial charge in [0.15, 0.2) is 0 Å². The number of carbonyl (C=O) groups excluding carboxylic acids is 1. The van der Waals surface area contributed by atoms with E-state index in [0.29, 0.717) is 13.2 Å². The Morgan fingerprint density at radius 3 is 2.67 bits per heavy atom. The molecule has 128 valence electrons. The Labute approximate surface area is 142 Å². The number of benzene rings is 1. The molecule has 0 spiro atoms. The number of hydrogen-bond acceptors (Lipinski definition) is 3. The SMILES string of the molecule is Cc1nn(-c2ccccc2)c(C)c1NC(=O)N1C[C@@H](C)OC[C@@H]1C. The number of amides is 2. The second-order valence-corrected chi connectivity index (χ2v) is 6.37. The summed E-state index contributed by atoms with van der Waals surface area (Å²) in [5.41, 5.74) is 3.47. The van der Waals surface area contributed by atoms with Crippen molar-refractivity contribution in [2.24, 2.45) is 0 Å². The van der Waals surface area contributed by atoms with Crippen LogP contribution in [0.4, 0.5) is 10.5 Å². The molecule has 1 aliphatic heterocycles. The predicted octanol–water partition coefficient (Wildman–Crippen LogP) is 3.13. The number of carbonyl (C=O) groups is 1. The molecule has 0 bridgehead atoms. The van der Waals surface area contributed by atoms with Gasteiger partial charge in [0.25, 0.3) is 0 Å². The number of hydrogen-bond donors (Lipinski definition) is 1. The molecule has 24 heavy (non-hydrogen) atoms. The highest BCUT2D eigenvalue weighted by Crippen LogP contribution is 2.24. The number of urea groups is 1. The zero-order chi connectivity index (χ0) is 17.3. The van der Waals surface area contributed by atoms with Gasteiger partial charge in [0, 0.05) is 6.54 Å². The van der Waals surface area contributed by atoms with Crippen LogP contribution in [-0.2, 0) is 4.74 Å². The molecule has 0 radical (unpaired) electrons. The fourth-order valence-corrected chi connectivity index (χ4v) is 3.01. The van der Waals surface area contributed by atoms with Crippen molar-refractivity contribution in [2.45, 2.75) is 39.8 Å². The van der Waals surface area contributed by atoms with E-state index in [-0.39, 0.29) is 18.2 Å². The molecule has 1 fully saturated rings. The van der Waals surface area contributed by atoms with Gasteiger partial charge in [-0.2, -0.15) is 5.10 Å². The Kier molecular flexibility index (Phi) is 4.57. The number of nitrogens with zero attached hydrogens (tertiary/aromatic N) is 3. The molecule has 1 aromatic carbocycles. The lowest BCUT2D eigenvalue weighted by Crippen LogP contribution is -2.51. The summed E-state index contributed by atoms with van der Waals surface area (Å²) in [6.07, 6.45) is 0.0567. The number of morpholine rings is 1. The van der Waals surface area contributed by atoms with E-state index in [9.17, 15) is 4.79 Å². The van der Waals surface area contributed by atoms with E-state index < -0.39 is 0 Å². The number of aromatic nitrogens is 2. The highest BCUT2D eigenvalue weighted by atomic mass is 16.5. The van der Waals surface area contributed by atoms with Crippen molar-refractivity contribution in [3.05, 3.63) is 41.7 Å². The summed E-state index contributed by atoms with van der Waals surface area (Å²) >= 11 is 0. The van der Waals surface area contributed by atoms with Crippen LogP contribution in [-0.4, -0.2) is 46.0 Å². The van der Waals surface area contributed by atoms with Crippen LogP contribution in [0.2, 0.25) is 0 Å². The van der Waals surface area contributed by atoms with Crippen LogP contribution in [0, 0.1) is 13.8 Å². The number of para-hydroxylation sites is 1. The van der Waals surface area contributed by atoms with E-state index in [2.05, 4.69) is 10.4 Å². The van der Waals surface area contributed by atoms with Crippen LogP contribution < -0.4 is 5.32 Å². The van der Waals surface area contributed by atoms with Crippen LogP contribution in [0.5, 0.6) is 0 Å². The molecule has 2 aromatic rings. The van der Waals surface area contributed by atoms with Gasteiger partial charge in [-0.15, -0.1) is 0 Å². The second-order valence-electron chi connectivity index (χ2n) is 6.37. The number of rotatable bonds is 2. The third-order valence-electron chi connectivity index (χ3n) is 4.39. The normalized spacial score (nSPS) is 20.9. The maximum Gasteiger partial charge on any atom is 0.322 e. The minimum absolute atomic E-state index is 0.0567. The molecule has 2 amide bonds. The van der Waals surface area contributed by atoms with Gasteiger partial charge in [-0.3, -0.25) is 0 Å². The summed E-state index contributed by atoms with van der Waals surface area (Å²) in [6.45, 7) is 9.02. The average molecular weight is 328 g/mol. The Balaban J connectivity index is 1.83. The Hall–Kier alpha value is -2.34. The Morgan fingerprint density at radius 2 is 1.96 bits per heavy atom. The van der Waals surface area contributed by atoms with E-state index in [1.165, 1.54) is 0 Å². The van der Waals surface area contributed by atoms with Crippen LogP contribution in [0.15, 0.2) is 30.3 Å². The van der Waals surface area contributed by atoms with Crippen molar-refractivity contribution in [3.63, 3.8) is 0 Å². The largest absolute Gasteiger partial charge is 0.375 e. The van der Waals surface area contributed by atoms with Crippen molar-refractivity contribution in [1.29, 1.82) is 0 Å². The fraction of sp³-hybridized carbons (Fsp3) is 0.444. The maximum atomic E-state index is 12.7. The maximum absolute atomic E-state index is 12.7. The molecular weight excluding hydrogens is 304 g/mol. The van der Waals surface area contributed by atoms with E-state index in [0.717, 1.165) is 22.8 Å². The molecule has 2 atom stereocenters. The predicted molar refractivity (Wildman–Crippen MR) is 93.6 cm³/mol. The van der Waals surface area contributed by atoms with Crippen LogP contribution >= 0.6 is 0 Å². The lowest BCUT2D eigenvalue weighted by atomic mass is 10.2. The summed E-state index contributed by atoms with van der Waals surface area (Å²) < 4.78 is 7.45. The van der Waals surface area contributed by atoms with Gasteiger partial charge in [0.1, 0.15) is 0 Å². The number of anilines is 1. The topological polar surface area (TPSA) is 59.4 Å². The van der Waals surface area contributed by atoms with Gasteiger partial charge in [-0.1, -0.05) is 18.2 Å². The highest BCUT2D eigenvalue weighted by molar-refractivity contribution is 5.91. The molecule has 0 saturated carbocycles. The van der Waals surface area contributed by atoms with Crippen LogP contribution in [0.25, 0.3) is 5.69 Å². The average Bonchev–Trinajstić information content (AvgIpc) is 2.86. The summed E-state index contributed by atoms with van der Waals surface area (Å²) in [4.78, 5) is 14.5. The first kappa shape index (κ1) is 16.5. The lowest BCUT2D eigenvalue weighted by Gasteiger charge is -2.36. The van der Waals surface area contributed by atoms with Gasteiger partial charge in [0.2, 0.25) is 0 Å². The molecule has 2 heterocycles. The lowest BCUT2D eigenvalue weighted by molar-refractivity contribution is -0.0296. The molecule has 1 aromatic heterocycles. The minimum atomic E-state index is -0.100. The first-order chi connectivity index (χ1) is 11.5. The standard InChI is InChI=1S/C18H24N4O2/c1-12-11-24-13(2)10-21(12)18(23)19-17-14(3)20-22(15(17)4)16-8-6-5-7-9-16/h5-9,12-13H,10-11H2,1-4H3,(H,19,23)/t12-,13+/m0/s1. The van der Waals surface area contributed by atoms with Gasteiger partial charge in [-0.05, 0) is 39.8 Å². The van der Waals surface area contributed by atoms with Crippen molar-refractivity contribution < 1.29 is 9.53 Å². The number of nitrogens with one attached hydrogen (secondary N) is 1. The van der Waals surface area contributed by atoms with E-state index >= 15 is 0 Å². The summed E-state index contributed by atoms with van der Waals surface area (Å²) in [7, 11) is 0. The zero-order valence-electron chi connectivity index (χ0n) is 14.6. The first-order valence-corrected chi connectivity index (χ1v) is 8.28. The van der Waals surface area contributed by atoms with E-state index in [1.54, 1.807) is 0 Å². The number of aryl methyl sites for hydroxylation is 1. The van der Waals surface area contributed by atoms with Crippen LogP contribution in [0.3, 0.4) is 0 Å². The van der Waals surface area contributed by atoms with E-state index in [1.807, 2.05) is 67.6 Å². The van der Waals surface area contributed by atoms with Gasteiger partial charge in [-0.25, -0.2) is 9.48 Å². The van der Waals surface area contributed by atoms with Gasteiger partial charge < -0.3 is 15.0 Å². The number of ether oxygens (including phenoxy) is 1. The monoisotopic (exact) mass is 328 g/mol. The fourth-order valence-electron chi connectivity index (χ4n) is 3.01. The first-order valence-electron chi connectivity index (χ1n) is 8.28. The summed E-state index contributed by atoms with van der Waals surface area (Å²) in [6, 6.07) is 9.87. The van der Waals surface area contributed by atoms with Gasteiger partial charge >= 0.3 is 6.03 Å². The molecule has 1 saturated heterocycles. The second kappa shape index (κ2) is 6.65. The Morgan fingerprint density at radius 1 is 1.25 bits per heavy atom. The molecule has 1 N–H and O–H groups in total. The minimum Gasteiger partial charge on any atom is -0.375 e. The van der Waals surface area contributed by atoms with Crippen molar-refractivity contribution in [1.82, 2.24) is 14.7 Å². The van der Waals surface area contributed by atoms with E-state index in [4.69, 9.17) is 4.74 Å². The molecule has 6 heteroatoms. The summed E-state index contributed by atoms with van der Waals surface area (Å²) in [5, 5.41) is 7.61. The van der Waals surface area contributed by atoms with Gasteiger partial charge in [0.05, 0.1) is 41.5 Å². The molecule has 1 aliphatic rings. The molecular formula is C18H24N4O2. The molecule has 3 rings (SSSR count). The van der Waals surface area contributed by atoms with Crippen LogP contribution in [0.1, 0.15) is 25.2 Å². The third kappa shape index (κ3) is 3.14. The third-order valence-corrected chi connectivity index (χ3v) is 4.39. The highest BCUT2D eigenvalue weighted by Gasteiger charge is 2.28. The van der Waals surface area contributed by atoms with Crippen molar-refractivity contribution in [3.8, 4) is 5.69 Å². The molecule has 0 unspecified atom stereocenters. The quantitative estimate of drug-likeness (QED) is 0.921. The molecule has 6 nitrogen and oxygen atoms in total. The smallest absolute Gasteiger partial charge is 0.322 e. The molecule has 0 aliphatic carbocycles. The Bertz CT molecular complexity index is 726. The van der Waals surface area contributed by atoms with Crippen molar-refractivity contribution in [2.75, 3.05) is 18.5 Å². The van der Waals surface area contributed by atoms with Crippen molar-refractivity contribution >= 4 is 11.7 Å². The zero-order valence-corrected chi connectivity index (χ0v) is 14.6. The summed E-state index contributed by atoms with van der Waals surface area (Å²) in [5.74, 6) is 0.